The van der Waals surface area contributed by atoms with E-state index in [0.717, 1.165) is 9.79 Å². The van der Waals surface area contributed by atoms with Crippen molar-refractivity contribution in [3.8, 4) is 17.2 Å². The van der Waals surface area contributed by atoms with E-state index in [-0.39, 0.29) is 11.2 Å². The molecule has 0 spiro atoms. The van der Waals surface area contributed by atoms with E-state index in [1.54, 1.807) is 18.2 Å². The fourth-order valence-electron chi connectivity index (χ4n) is 3.05. The Labute approximate surface area is 180 Å². The van der Waals surface area contributed by atoms with Crippen LogP contribution in [-0.2, 0) is 0 Å². The molecule has 2 aliphatic rings. The van der Waals surface area contributed by atoms with Crippen LogP contribution in [0.15, 0.2) is 114 Å². The van der Waals surface area contributed by atoms with Gasteiger partial charge in [-0.15, -0.1) is 0 Å². The monoisotopic (exact) mass is 429 g/mol. The Morgan fingerprint density at radius 2 is 1.40 bits per heavy atom. The van der Waals surface area contributed by atoms with E-state index < -0.39 is 0 Å². The zero-order chi connectivity index (χ0) is 20.5. The van der Waals surface area contributed by atoms with Crippen molar-refractivity contribution in [1.82, 2.24) is 4.98 Å². The minimum atomic E-state index is -0.123. The van der Waals surface area contributed by atoms with Crippen LogP contribution in [0.4, 0.5) is 0 Å². The molecule has 146 valence electrons. The summed E-state index contributed by atoms with van der Waals surface area (Å²) in [7, 11) is 0. The molecule has 0 radical (unpaired) electrons. The van der Waals surface area contributed by atoms with Crippen LogP contribution < -0.4 is 5.43 Å². The van der Waals surface area contributed by atoms with E-state index in [9.17, 15) is 9.90 Å². The number of hydrogen-bond acceptors (Lipinski definition) is 6. The predicted molar refractivity (Wildman–Crippen MR) is 120 cm³/mol. The van der Waals surface area contributed by atoms with E-state index in [0.29, 0.717) is 32.3 Å². The Balaban J connectivity index is 1.58. The molecule has 1 aliphatic carbocycles. The van der Waals surface area contributed by atoms with Crippen molar-refractivity contribution in [1.29, 1.82) is 0 Å². The second-order valence-electron chi connectivity index (χ2n) is 6.60. The number of benzene rings is 4. The van der Waals surface area contributed by atoms with Gasteiger partial charge in [0.2, 0.25) is 0 Å². The van der Waals surface area contributed by atoms with Gasteiger partial charge in [-0.05, 0) is 36.4 Å². The van der Waals surface area contributed by atoms with Crippen molar-refractivity contribution < 1.29 is 9.52 Å². The van der Waals surface area contributed by atoms with Gasteiger partial charge in [0.1, 0.15) is 17.0 Å². The van der Waals surface area contributed by atoms with Gasteiger partial charge in [0, 0.05) is 21.9 Å². The molecular formula is C24H15NO3S2. The molecule has 0 saturated carbocycles. The number of rotatable bonds is 4. The number of hydrogen-bond donors (Lipinski definition) is 1. The van der Waals surface area contributed by atoms with Gasteiger partial charge in [0.15, 0.2) is 16.8 Å². The summed E-state index contributed by atoms with van der Waals surface area (Å²) in [5.74, 6) is 0.507. The molecule has 6 heteroatoms. The Hall–Kier alpha value is -3.22. The average molecular weight is 430 g/mol. The molecule has 0 aromatic heterocycles. The van der Waals surface area contributed by atoms with E-state index >= 15 is 0 Å². The summed E-state index contributed by atoms with van der Waals surface area (Å²) in [6.45, 7) is 0. The van der Waals surface area contributed by atoms with Gasteiger partial charge < -0.3 is 9.52 Å². The lowest BCUT2D eigenvalue weighted by atomic mass is 10.2. The van der Waals surface area contributed by atoms with Crippen molar-refractivity contribution >= 4 is 34.6 Å². The number of fused-ring (bicyclic) bond motifs is 2. The van der Waals surface area contributed by atoms with Gasteiger partial charge in [-0.25, -0.2) is 4.98 Å². The van der Waals surface area contributed by atoms with E-state index in [1.807, 2.05) is 60.7 Å². The molecule has 30 heavy (non-hydrogen) atoms. The van der Waals surface area contributed by atoms with Crippen LogP contribution in [0.2, 0.25) is 0 Å². The molecule has 1 aliphatic heterocycles. The average Bonchev–Trinajstić information content (AvgIpc) is 2.75. The summed E-state index contributed by atoms with van der Waals surface area (Å²) in [5.41, 5.74) is 1.52. The zero-order valence-corrected chi connectivity index (χ0v) is 17.2. The number of aromatic hydroxyl groups is 1. The molecule has 1 heterocycles. The summed E-state index contributed by atoms with van der Waals surface area (Å²) >= 11 is 2.86. The quantitative estimate of drug-likeness (QED) is 0.338. The van der Waals surface area contributed by atoms with Crippen LogP contribution in [0, 0.1) is 0 Å². The van der Waals surface area contributed by atoms with Gasteiger partial charge >= 0.3 is 0 Å². The summed E-state index contributed by atoms with van der Waals surface area (Å²) in [4.78, 5) is 20.5. The first kappa shape index (κ1) is 18.8. The zero-order valence-electron chi connectivity index (χ0n) is 15.6. The highest BCUT2D eigenvalue weighted by atomic mass is 32.2. The van der Waals surface area contributed by atoms with Crippen molar-refractivity contribution in [3.63, 3.8) is 0 Å². The SMILES string of the molecule is O=c1cc2oc3cc(O)c(Sc4ccccc4)cc3nc-2cc1Sc1ccccc1. The van der Waals surface area contributed by atoms with Crippen LogP contribution in [0.1, 0.15) is 0 Å². The van der Waals surface area contributed by atoms with Crippen LogP contribution in [0.3, 0.4) is 0 Å². The first-order valence-corrected chi connectivity index (χ1v) is 10.9. The predicted octanol–water partition coefficient (Wildman–Crippen LogP) is 6.30. The Morgan fingerprint density at radius 1 is 0.767 bits per heavy atom. The number of aromatic nitrogens is 1. The van der Waals surface area contributed by atoms with Gasteiger partial charge in [-0.3, -0.25) is 4.79 Å². The van der Waals surface area contributed by atoms with Crippen LogP contribution in [-0.4, -0.2) is 10.1 Å². The third-order valence-electron chi connectivity index (χ3n) is 4.47. The molecule has 5 rings (SSSR count). The second-order valence-corrected chi connectivity index (χ2v) is 8.83. The summed E-state index contributed by atoms with van der Waals surface area (Å²) < 4.78 is 5.88. The number of phenolic OH excluding ortho intramolecular Hbond substituents is 1. The Morgan fingerprint density at radius 3 is 2.07 bits per heavy atom. The topological polar surface area (TPSA) is 63.3 Å². The fraction of sp³-hybridized carbons (Fsp3) is 0. The van der Waals surface area contributed by atoms with Crippen LogP contribution in [0.25, 0.3) is 22.6 Å². The molecule has 0 unspecified atom stereocenters. The lowest BCUT2D eigenvalue weighted by Crippen LogP contribution is -2.04. The molecule has 3 aromatic rings. The number of nitrogens with zero attached hydrogens (tertiary/aromatic N) is 1. The fourth-order valence-corrected chi connectivity index (χ4v) is 4.81. The highest BCUT2D eigenvalue weighted by molar-refractivity contribution is 7.99. The maximum Gasteiger partial charge on any atom is 0.196 e. The standard InChI is InChI=1S/C24H15NO3S2/c26-19-13-21-17(11-23(19)29-15-7-3-1-4-8-15)25-18-12-24(20(27)14-22(18)28-21)30-16-9-5-2-6-10-16/h1-14,26H. The molecule has 0 atom stereocenters. The minimum absolute atomic E-state index is 0.111. The van der Waals surface area contributed by atoms with Gasteiger partial charge in [0.25, 0.3) is 0 Å². The summed E-state index contributed by atoms with van der Waals surface area (Å²) in [5, 5.41) is 10.4. The summed E-state index contributed by atoms with van der Waals surface area (Å²) in [6.07, 6.45) is 0. The lowest BCUT2D eigenvalue weighted by molar-refractivity contribution is 0.461. The maximum atomic E-state index is 12.5. The summed E-state index contributed by atoms with van der Waals surface area (Å²) in [6, 6.07) is 26.1. The second kappa shape index (κ2) is 7.89. The van der Waals surface area contributed by atoms with Crippen molar-refractivity contribution in [2.75, 3.05) is 0 Å². The van der Waals surface area contributed by atoms with E-state index in [1.165, 1.54) is 29.6 Å². The van der Waals surface area contributed by atoms with Gasteiger partial charge in [-0.1, -0.05) is 59.9 Å². The van der Waals surface area contributed by atoms with Crippen molar-refractivity contribution in [2.24, 2.45) is 0 Å². The van der Waals surface area contributed by atoms with E-state index in [2.05, 4.69) is 0 Å². The molecular weight excluding hydrogens is 414 g/mol. The smallest absolute Gasteiger partial charge is 0.196 e. The third-order valence-corrected chi connectivity index (χ3v) is 6.57. The first-order chi connectivity index (χ1) is 14.7. The lowest BCUT2D eigenvalue weighted by Gasteiger charge is -2.10. The van der Waals surface area contributed by atoms with Crippen molar-refractivity contribution in [2.45, 2.75) is 19.6 Å². The van der Waals surface area contributed by atoms with Gasteiger partial charge in [-0.2, -0.15) is 0 Å². The maximum absolute atomic E-state index is 12.5. The molecule has 4 nitrogen and oxygen atoms in total. The first-order valence-electron chi connectivity index (χ1n) is 9.23. The van der Waals surface area contributed by atoms with Crippen LogP contribution in [0.5, 0.6) is 5.75 Å². The molecule has 3 aromatic carbocycles. The number of phenols is 1. The molecule has 0 amide bonds. The molecule has 0 bridgehead atoms. The highest BCUT2D eigenvalue weighted by Crippen LogP contribution is 2.38. The molecule has 0 saturated heterocycles. The third kappa shape index (κ3) is 3.79. The molecule has 0 fully saturated rings. The van der Waals surface area contributed by atoms with Gasteiger partial charge in [0.05, 0.1) is 9.79 Å². The highest BCUT2D eigenvalue weighted by Gasteiger charge is 2.16. The Kier molecular flexibility index (Phi) is 4.94. The molecule has 1 N–H and O–H groups in total. The normalized spacial score (nSPS) is 11.2. The van der Waals surface area contributed by atoms with E-state index in [4.69, 9.17) is 9.40 Å². The Bertz CT molecular complexity index is 1370. The minimum Gasteiger partial charge on any atom is -0.507 e. The van der Waals surface area contributed by atoms with Crippen LogP contribution >= 0.6 is 23.5 Å². The largest absolute Gasteiger partial charge is 0.507 e. The van der Waals surface area contributed by atoms with Crippen molar-refractivity contribution in [3.05, 3.63) is 95.2 Å².